The molecule has 0 aromatic rings. The van der Waals surface area contributed by atoms with Crippen LogP contribution in [0.4, 0.5) is 0 Å². The molecule has 0 N–H and O–H groups in total. The number of rotatable bonds is 8. The van der Waals surface area contributed by atoms with E-state index >= 15 is 0 Å². The molecule has 1 saturated heterocycles. The van der Waals surface area contributed by atoms with Gasteiger partial charge in [-0.15, -0.1) is 0 Å². The summed E-state index contributed by atoms with van der Waals surface area (Å²) >= 11 is 0. The number of aliphatic imine (C=N–C) groups is 1. The van der Waals surface area contributed by atoms with Crippen molar-refractivity contribution in [3.05, 3.63) is 0 Å². The van der Waals surface area contributed by atoms with Crippen LogP contribution in [0.2, 0.25) is 0 Å². The maximum atomic E-state index is 13.2. The Bertz CT molecular complexity index is 929. The second-order valence-corrected chi connectivity index (χ2v) is 14.4. The Morgan fingerprint density at radius 2 is 1.05 bits per heavy atom. The summed E-state index contributed by atoms with van der Waals surface area (Å²) in [4.78, 5) is 56.5. The van der Waals surface area contributed by atoms with E-state index in [1.54, 1.807) is 89.3 Å². The lowest BCUT2D eigenvalue weighted by Crippen LogP contribution is -2.63. The minimum absolute atomic E-state index is 0.304. The van der Waals surface area contributed by atoms with Crippen LogP contribution in [0.5, 0.6) is 0 Å². The topological polar surface area (TPSA) is 127 Å². The molecule has 0 unspecified atom stereocenters. The quantitative estimate of drug-likeness (QED) is 0.224. The SMILES string of the molecule is CCC/C=N\[C@@H]1O[C@H](COC(=O)C(C)(C)C)[C@H](OC(=O)C(C)(C)C)[C@H](OC(=O)C(C)(C)C)[C@H]1OC(=O)C(C)(C)C. The number of ether oxygens (including phenoxy) is 5. The summed E-state index contributed by atoms with van der Waals surface area (Å²) in [6.45, 7) is 22.0. The molecule has 0 bridgehead atoms. The van der Waals surface area contributed by atoms with Gasteiger partial charge in [-0.1, -0.05) is 13.3 Å². The van der Waals surface area contributed by atoms with E-state index in [4.69, 9.17) is 23.7 Å². The highest BCUT2D eigenvalue weighted by atomic mass is 16.7. The van der Waals surface area contributed by atoms with E-state index in [1.807, 2.05) is 6.92 Å². The van der Waals surface area contributed by atoms with Gasteiger partial charge in [0.05, 0.1) is 21.7 Å². The molecule has 10 nitrogen and oxygen atoms in total. The monoisotopic (exact) mass is 569 g/mol. The average Bonchev–Trinajstić information content (AvgIpc) is 2.78. The largest absolute Gasteiger partial charge is 0.462 e. The lowest BCUT2D eigenvalue weighted by Gasteiger charge is -2.45. The van der Waals surface area contributed by atoms with Crippen molar-refractivity contribution in [2.45, 2.75) is 133 Å². The Kier molecular flexibility index (Phi) is 11.9. The van der Waals surface area contributed by atoms with Crippen LogP contribution in [-0.4, -0.2) is 67.3 Å². The van der Waals surface area contributed by atoms with Gasteiger partial charge < -0.3 is 23.7 Å². The van der Waals surface area contributed by atoms with E-state index < -0.39 is 76.2 Å². The van der Waals surface area contributed by atoms with Gasteiger partial charge in [0.2, 0.25) is 0 Å². The van der Waals surface area contributed by atoms with Crippen LogP contribution in [-0.2, 0) is 42.9 Å². The summed E-state index contributed by atoms with van der Waals surface area (Å²) in [6.07, 6.45) is -2.89. The fraction of sp³-hybridized carbons (Fsp3) is 0.833. The average molecular weight is 570 g/mol. The van der Waals surface area contributed by atoms with Crippen molar-refractivity contribution in [3.8, 4) is 0 Å². The lowest BCUT2D eigenvalue weighted by atomic mass is 9.92. The molecule has 10 heteroatoms. The van der Waals surface area contributed by atoms with Gasteiger partial charge in [0.15, 0.2) is 24.5 Å². The van der Waals surface area contributed by atoms with Crippen LogP contribution in [0.3, 0.4) is 0 Å². The van der Waals surface area contributed by atoms with Crippen molar-refractivity contribution in [2.24, 2.45) is 26.7 Å². The third-order valence-corrected chi connectivity index (χ3v) is 5.84. The Morgan fingerprint density at radius 3 is 1.45 bits per heavy atom. The van der Waals surface area contributed by atoms with Gasteiger partial charge in [0, 0.05) is 6.21 Å². The zero-order valence-electron chi connectivity index (χ0n) is 26.7. The highest BCUT2D eigenvalue weighted by Crippen LogP contribution is 2.34. The van der Waals surface area contributed by atoms with Gasteiger partial charge in [-0.25, -0.2) is 0 Å². The molecule has 40 heavy (non-hydrogen) atoms. The van der Waals surface area contributed by atoms with Crippen molar-refractivity contribution in [2.75, 3.05) is 6.61 Å². The number of carbonyl (C=O) groups is 4. The lowest BCUT2D eigenvalue weighted by molar-refractivity contribution is -0.258. The maximum absolute atomic E-state index is 13.2. The minimum Gasteiger partial charge on any atom is -0.462 e. The molecule has 0 saturated carbocycles. The van der Waals surface area contributed by atoms with Gasteiger partial charge in [-0.2, -0.15) is 0 Å². The molecule has 0 aromatic carbocycles. The smallest absolute Gasteiger partial charge is 0.311 e. The first-order valence-corrected chi connectivity index (χ1v) is 14.0. The van der Waals surface area contributed by atoms with Gasteiger partial charge in [0.25, 0.3) is 0 Å². The van der Waals surface area contributed by atoms with Crippen LogP contribution in [0.15, 0.2) is 4.99 Å². The Labute approximate surface area is 239 Å². The van der Waals surface area contributed by atoms with Gasteiger partial charge in [0.1, 0.15) is 12.7 Å². The van der Waals surface area contributed by atoms with Crippen molar-refractivity contribution in [3.63, 3.8) is 0 Å². The molecule has 0 spiro atoms. The predicted molar refractivity (Wildman–Crippen MR) is 150 cm³/mol. The Balaban J connectivity index is 3.72. The summed E-state index contributed by atoms with van der Waals surface area (Å²) < 4.78 is 29.5. The van der Waals surface area contributed by atoms with Crippen molar-refractivity contribution >= 4 is 30.1 Å². The zero-order valence-corrected chi connectivity index (χ0v) is 26.7. The Hall–Kier alpha value is -2.49. The number of hydrogen-bond acceptors (Lipinski definition) is 10. The number of unbranched alkanes of at least 4 members (excludes halogenated alkanes) is 1. The highest BCUT2D eigenvalue weighted by Gasteiger charge is 2.54. The number of nitrogens with zero attached hydrogens (tertiary/aromatic N) is 1. The van der Waals surface area contributed by atoms with E-state index in [9.17, 15) is 19.2 Å². The summed E-state index contributed by atoms with van der Waals surface area (Å²) in [6, 6.07) is 0. The molecule has 1 fully saturated rings. The molecular formula is C30H51NO9. The van der Waals surface area contributed by atoms with Crippen LogP contribution >= 0.6 is 0 Å². The van der Waals surface area contributed by atoms with E-state index in [1.165, 1.54) is 0 Å². The third kappa shape index (κ3) is 10.5. The standard InChI is InChI=1S/C30H51NO9/c1-14-15-16-31-22-21(40-26(35)30(11,12)13)20(39-25(34)29(8,9)10)19(38-24(33)28(5,6)7)18(37-22)17-36-23(32)27(2,3)4/h16,18-22H,14-15,17H2,1-13H3/b31-16-/t18-,19+,20+,21-,22-/m1/s1. The van der Waals surface area contributed by atoms with Crippen molar-refractivity contribution in [1.82, 2.24) is 0 Å². The van der Waals surface area contributed by atoms with Crippen molar-refractivity contribution in [1.29, 1.82) is 0 Å². The second-order valence-electron chi connectivity index (χ2n) is 14.4. The second kappa shape index (κ2) is 13.4. The molecule has 5 atom stereocenters. The van der Waals surface area contributed by atoms with Crippen LogP contribution in [0.25, 0.3) is 0 Å². The zero-order chi connectivity index (χ0) is 31.3. The summed E-state index contributed by atoms with van der Waals surface area (Å²) in [5.74, 6) is -2.27. The molecule has 1 aliphatic heterocycles. The summed E-state index contributed by atoms with van der Waals surface area (Å²) in [5.41, 5.74) is -3.54. The molecule has 230 valence electrons. The predicted octanol–water partition coefficient (Wildman–Crippen LogP) is 5.05. The minimum atomic E-state index is -1.29. The summed E-state index contributed by atoms with van der Waals surface area (Å²) in [7, 11) is 0. The fourth-order valence-electron chi connectivity index (χ4n) is 3.13. The molecule has 1 rings (SSSR count). The van der Waals surface area contributed by atoms with Crippen molar-refractivity contribution < 1.29 is 42.9 Å². The molecule has 1 aliphatic rings. The molecule has 1 heterocycles. The molecule has 0 aliphatic carbocycles. The normalized spacial score (nSPS) is 24.4. The number of carbonyl (C=O) groups excluding carboxylic acids is 4. The Morgan fingerprint density at radius 1 is 0.650 bits per heavy atom. The van der Waals surface area contributed by atoms with Crippen LogP contribution in [0.1, 0.15) is 103 Å². The first-order valence-electron chi connectivity index (χ1n) is 14.0. The third-order valence-electron chi connectivity index (χ3n) is 5.84. The maximum Gasteiger partial charge on any atom is 0.311 e. The fourth-order valence-corrected chi connectivity index (χ4v) is 3.13. The van der Waals surface area contributed by atoms with E-state index in [0.29, 0.717) is 6.42 Å². The molecule has 0 aromatic heterocycles. The van der Waals surface area contributed by atoms with Gasteiger partial charge in [-0.05, 0) is 89.5 Å². The first-order chi connectivity index (χ1) is 18.0. The molecule has 0 amide bonds. The van der Waals surface area contributed by atoms with Crippen LogP contribution in [0, 0.1) is 21.7 Å². The van der Waals surface area contributed by atoms with Crippen LogP contribution < -0.4 is 0 Å². The number of hydrogen-bond donors (Lipinski definition) is 0. The molecular weight excluding hydrogens is 518 g/mol. The number of esters is 4. The van der Waals surface area contributed by atoms with E-state index in [0.717, 1.165) is 6.42 Å². The highest BCUT2D eigenvalue weighted by molar-refractivity contribution is 5.78. The summed E-state index contributed by atoms with van der Waals surface area (Å²) in [5, 5.41) is 0. The van der Waals surface area contributed by atoms with E-state index in [-0.39, 0.29) is 6.61 Å². The first kappa shape index (κ1) is 35.5. The van der Waals surface area contributed by atoms with Gasteiger partial charge >= 0.3 is 23.9 Å². The van der Waals surface area contributed by atoms with Gasteiger partial charge in [-0.3, -0.25) is 24.2 Å². The molecule has 0 radical (unpaired) electrons. The van der Waals surface area contributed by atoms with E-state index in [2.05, 4.69) is 4.99 Å².